The third kappa shape index (κ3) is 3.73. The van der Waals surface area contributed by atoms with Crippen molar-refractivity contribution in [3.05, 3.63) is 24.3 Å². The van der Waals surface area contributed by atoms with Crippen molar-refractivity contribution < 1.29 is 0 Å². The third-order valence-corrected chi connectivity index (χ3v) is 5.14. The Hall–Kier alpha value is -0.520. The van der Waals surface area contributed by atoms with Gasteiger partial charge < -0.3 is 0 Å². The lowest BCUT2D eigenvalue weighted by Gasteiger charge is -2.34. The molecule has 0 heteroatoms. The van der Waals surface area contributed by atoms with Gasteiger partial charge in [0.1, 0.15) is 0 Å². The molecule has 1 saturated carbocycles. The van der Waals surface area contributed by atoms with Crippen LogP contribution in [0.15, 0.2) is 24.3 Å². The summed E-state index contributed by atoms with van der Waals surface area (Å²) in [5, 5.41) is 0. The van der Waals surface area contributed by atoms with Crippen LogP contribution in [0.25, 0.3) is 0 Å². The van der Waals surface area contributed by atoms with Crippen molar-refractivity contribution in [1.82, 2.24) is 0 Å². The van der Waals surface area contributed by atoms with E-state index in [2.05, 4.69) is 25.7 Å². The van der Waals surface area contributed by atoms with E-state index in [1.807, 2.05) is 0 Å². The summed E-state index contributed by atoms with van der Waals surface area (Å²) in [6.45, 7) is 6.58. The van der Waals surface area contributed by atoms with Crippen LogP contribution in [-0.4, -0.2) is 0 Å². The average Bonchev–Trinajstić information content (AvgIpc) is 2.68. The minimum Gasteiger partial charge on any atom is -0.0996 e. The van der Waals surface area contributed by atoms with E-state index in [0.29, 0.717) is 0 Å². The summed E-state index contributed by atoms with van der Waals surface area (Å²) in [5.74, 6) is 2.85. The van der Waals surface area contributed by atoms with Gasteiger partial charge in [-0.3, -0.25) is 0 Å². The van der Waals surface area contributed by atoms with Gasteiger partial charge in [-0.25, -0.2) is 0 Å². The lowest BCUT2D eigenvalue weighted by molar-refractivity contribution is 0.208. The summed E-state index contributed by atoms with van der Waals surface area (Å²) in [5.41, 5.74) is 1.54. The number of hydrogen-bond donors (Lipinski definition) is 0. The van der Waals surface area contributed by atoms with Crippen molar-refractivity contribution >= 4 is 0 Å². The largest absolute Gasteiger partial charge is 0.0996 e. The van der Waals surface area contributed by atoms with E-state index in [0.717, 1.165) is 17.8 Å². The van der Waals surface area contributed by atoms with Crippen molar-refractivity contribution in [1.29, 1.82) is 0 Å². The topological polar surface area (TPSA) is 0 Å². The summed E-state index contributed by atoms with van der Waals surface area (Å²) in [4.78, 5) is 0. The summed E-state index contributed by atoms with van der Waals surface area (Å²) in [6.07, 6.45) is 18.7. The second-order valence-corrected chi connectivity index (χ2v) is 6.42. The van der Waals surface area contributed by atoms with Gasteiger partial charge in [0.15, 0.2) is 0 Å². The van der Waals surface area contributed by atoms with E-state index in [4.69, 9.17) is 0 Å². The zero-order valence-corrected chi connectivity index (χ0v) is 12.2. The van der Waals surface area contributed by atoms with Crippen LogP contribution in [0.4, 0.5) is 0 Å². The Morgan fingerprint density at radius 1 is 1.06 bits per heavy atom. The molecule has 0 amide bonds. The molecule has 0 aromatic rings. The zero-order valence-electron chi connectivity index (χ0n) is 12.2. The SMILES string of the molecule is C=C(CCC)C1CCC(C2CC=CCCC2)CC1. The monoisotopic (exact) mass is 246 g/mol. The van der Waals surface area contributed by atoms with Crippen molar-refractivity contribution in [3.8, 4) is 0 Å². The fourth-order valence-electron chi connectivity index (χ4n) is 3.96. The smallest absolute Gasteiger partial charge is 0.0206 e. The maximum Gasteiger partial charge on any atom is -0.0206 e. The van der Waals surface area contributed by atoms with E-state index in [9.17, 15) is 0 Å². The number of hydrogen-bond acceptors (Lipinski definition) is 0. The van der Waals surface area contributed by atoms with Gasteiger partial charge in [0, 0.05) is 0 Å². The Kier molecular flexibility index (Phi) is 5.53. The first-order valence-corrected chi connectivity index (χ1v) is 8.14. The zero-order chi connectivity index (χ0) is 12.8. The summed E-state index contributed by atoms with van der Waals surface area (Å²) >= 11 is 0. The van der Waals surface area contributed by atoms with Gasteiger partial charge in [-0.2, -0.15) is 0 Å². The van der Waals surface area contributed by atoms with Crippen LogP contribution in [0.5, 0.6) is 0 Å². The van der Waals surface area contributed by atoms with Crippen LogP contribution in [0.3, 0.4) is 0 Å². The van der Waals surface area contributed by atoms with Crippen molar-refractivity contribution in [2.75, 3.05) is 0 Å². The molecule has 2 aliphatic carbocycles. The first kappa shape index (κ1) is 13.9. The molecule has 1 unspecified atom stereocenters. The summed E-state index contributed by atoms with van der Waals surface area (Å²) in [6, 6.07) is 0. The Bertz CT molecular complexity index is 278. The minimum absolute atomic E-state index is 0.850. The van der Waals surface area contributed by atoms with E-state index >= 15 is 0 Å². The number of rotatable bonds is 4. The first-order valence-electron chi connectivity index (χ1n) is 8.14. The highest BCUT2D eigenvalue weighted by Gasteiger charge is 2.27. The highest BCUT2D eigenvalue weighted by atomic mass is 14.3. The minimum atomic E-state index is 0.850. The van der Waals surface area contributed by atoms with Crippen LogP contribution >= 0.6 is 0 Å². The number of allylic oxidation sites excluding steroid dienone is 3. The van der Waals surface area contributed by atoms with Gasteiger partial charge >= 0.3 is 0 Å². The van der Waals surface area contributed by atoms with Crippen molar-refractivity contribution in [3.63, 3.8) is 0 Å². The molecule has 18 heavy (non-hydrogen) atoms. The van der Waals surface area contributed by atoms with E-state index in [1.165, 1.54) is 69.8 Å². The van der Waals surface area contributed by atoms with E-state index in [1.54, 1.807) is 0 Å². The lowest BCUT2D eigenvalue weighted by Crippen LogP contribution is -2.22. The van der Waals surface area contributed by atoms with Crippen molar-refractivity contribution in [2.45, 2.75) is 71.1 Å². The molecular weight excluding hydrogens is 216 g/mol. The van der Waals surface area contributed by atoms with Crippen LogP contribution < -0.4 is 0 Å². The molecule has 102 valence electrons. The predicted octanol–water partition coefficient (Wildman–Crippen LogP) is 5.90. The molecule has 0 heterocycles. The Labute approximate surface area is 114 Å². The van der Waals surface area contributed by atoms with Gasteiger partial charge in [0.25, 0.3) is 0 Å². The van der Waals surface area contributed by atoms with Crippen molar-refractivity contribution in [2.24, 2.45) is 17.8 Å². The molecule has 1 fully saturated rings. The maximum absolute atomic E-state index is 4.31. The molecule has 0 N–H and O–H groups in total. The molecule has 0 saturated heterocycles. The Morgan fingerprint density at radius 2 is 1.83 bits per heavy atom. The molecular formula is C18H30. The van der Waals surface area contributed by atoms with Gasteiger partial charge in [-0.05, 0) is 75.5 Å². The molecule has 2 rings (SSSR count). The van der Waals surface area contributed by atoms with Gasteiger partial charge in [-0.15, -0.1) is 0 Å². The molecule has 0 aliphatic heterocycles. The Morgan fingerprint density at radius 3 is 2.56 bits per heavy atom. The second-order valence-electron chi connectivity index (χ2n) is 6.42. The molecule has 0 aromatic heterocycles. The Balaban J connectivity index is 1.78. The molecule has 1 atom stereocenters. The summed E-state index contributed by atoms with van der Waals surface area (Å²) < 4.78 is 0. The molecule has 0 aromatic carbocycles. The van der Waals surface area contributed by atoms with Crippen LogP contribution in [0.1, 0.15) is 71.1 Å². The highest BCUT2D eigenvalue weighted by Crippen LogP contribution is 2.40. The van der Waals surface area contributed by atoms with Gasteiger partial charge in [0.05, 0.1) is 0 Å². The van der Waals surface area contributed by atoms with Crippen LogP contribution in [-0.2, 0) is 0 Å². The maximum atomic E-state index is 4.31. The summed E-state index contributed by atoms with van der Waals surface area (Å²) in [7, 11) is 0. The second kappa shape index (κ2) is 7.16. The average molecular weight is 246 g/mol. The molecule has 0 bridgehead atoms. The molecule has 2 aliphatic rings. The fraction of sp³-hybridized carbons (Fsp3) is 0.778. The molecule has 0 spiro atoms. The first-order chi connectivity index (χ1) is 8.81. The van der Waals surface area contributed by atoms with Gasteiger partial charge in [-0.1, -0.05) is 37.6 Å². The third-order valence-electron chi connectivity index (χ3n) is 5.14. The lowest BCUT2D eigenvalue weighted by atomic mass is 9.71. The highest BCUT2D eigenvalue weighted by molar-refractivity contribution is 5.02. The molecule has 0 nitrogen and oxygen atoms in total. The van der Waals surface area contributed by atoms with E-state index < -0.39 is 0 Å². The van der Waals surface area contributed by atoms with E-state index in [-0.39, 0.29) is 0 Å². The van der Waals surface area contributed by atoms with Crippen LogP contribution in [0.2, 0.25) is 0 Å². The predicted molar refractivity (Wildman–Crippen MR) is 80.6 cm³/mol. The fourth-order valence-corrected chi connectivity index (χ4v) is 3.96. The van der Waals surface area contributed by atoms with Crippen LogP contribution in [0, 0.1) is 17.8 Å². The normalized spacial score (nSPS) is 33.1. The quantitative estimate of drug-likeness (QED) is 0.542. The standard InChI is InChI=1S/C18H30/c1-3-8-15(2)16-11-13-18(14-12-16)17-9-6-4-5-7-10-17/h4,6,16-18H,2-3,5,7-14H2,1H3. The molecule has 0 radical (unpaired) electrons. The van der Waals surface area contributed by atoms with Gasteiger partial charge in [0.2, 0.25) is 0 Å².